The average Bonchev–Trinajstić information content (AvgIpc) is 2.04. The number of aromatic carboxylic acids is 1. The van der Waals surface area contributed by atoms with Gasteiger partial charge in [-0.15, -0.1) is 0 Å². The van der Waals surface area contributed by atoms with Gasteiger partial charge in [0.25, 0.3) is 0 Å². The first kappa shape index (κ1) is 9.22. The molecule has 0 saturated heterocycles. The van der Waals surface area contributed by atoms with E-state index in [4.69, 9.17) is 10.8 Å². The van der Waals surface area contributed by atoms with Gasteiger partial charge < -0.3 is 10.8 Å². The van der Waals surface area contributed by atoms with Crippen LogP contribution >= 0.6 is 15.9 Å². The zero-order valence-corrected chi connectivity index (χ0v) is 7.84. The van der Waals surface area contributed by atoms with Crippen molar-refractivity contribution in [3.05, 3.63) is 33.8 Å². The van der Waals surface area contributed by atoms with Crippen molar-refractivity contribution in [3.8, 4) is 0 Å². The molecule has 4 heteroatoms. The minimum Gasteiger partial charge on any atom is -0.478 e. The van der Waals surface area contributed by atoms with Crippen molar-refractivity contribution in [3.63, 3.8) is 0 Å². The van der Waals surface area contributed by atoms with Crippen LogP contribution in [0.2, 0.25) is 0 Å². The Morgan fingerprint density at radius 3 is 2.75 bits per heavy atom. The van der Waals surface area contributed by atoms with E-state index in [9.17, 15) is 4.79 Å². The third kappa shape index (κ3) is 1.84. The summed E-state index contributed by atoms with van der Waals surface area (Å²) in [6.07, 6.45) is 0. The van der Waals surface area contributed by atoms with Crippen molar-refractivity contribution in [1.82, 2.24) is 0 Å². The first-order chi connectivity index (χ1) is 5.65. The Morgan fingerprint density at radius 2 is 2.25 bits per heavy atom. The smallest absolute Gasteiger partial charge is 0.336 e. The van der Waals surface area contributed by atoms with E-state index in [1.807, 2.05) is 0 Å². The monoisotopic (exact) mass is 229 g/mol. The highest BCUT2D eigenvalue weighted by atomic mass is 79.9. The van der Waals surface area contributed by atoms with Gasteiger partial charge >= 0.3 is 5.97 Å². The Bertz CT molecular complexity index is 312. The highest BCUT2D eigenvalue weighted by Crippen LogP contribution is 2.16. The Balaban J connectivity index is 3.21. The van der Waals surface area contributed by atoms with Crippen LogP contribution in [0.15, 0.2) is 22.7 Å². The molecule has 0 heterocycles. The fourth-order valence-corrected chi connectivity index (χ4v) is 1.29. The Labute approximate surface area is 78.3 Å². The van der Waals surface area contributed by atoms with Crippen LogP contribution in [0.4, 0.5) is 0 Å². The molecular formula is C8H8BrNO2. The molecule has 1 aromatic rings. The summed E-state index contributed by atoms with van der Waals surface area (Å²) in [4.78, 5) is 10.7. The fraction of sp³-hybridized carbons (Fsp3) is 0.125. The summed E-state index contributed by atoms with van der Waals surface area (Å²) in [5, 5.41) is 8.74. The first-order valence-electron chi connectivity index (χ1n) is 3.37. The molecule has 1 rings (SSSR count). The number of halogens is 1. The second-order valence-corrected chi connectivity index (χ2v) is 3.23. The van der Waals surface area contributed by atoms with Crippen molar-refractivity contribution >= 4 is 21.9 Å². The number of carboxylic acids is 1. The maximum absolute atomic E-state index is 10.7. The SMILES string of the molecule is NCc1ccc(Br)cc1C(=O)O. The van der Waals surface area contributed by atoms with E-state index >= 15 is 0 Å². The number of hydrogen-bond donors (Lipinski definition) is 2. The summed E-state index contributed by atoms with van der Waals surface area (Å²) in [5.41, 5.74) is 6.26. The third-order valence-corrected chi connectivity index (χ3v) is 2.02. The molecule has 3 nitrogen and oxygen atoms in total. The van der Waals surface area contributed by atoms with E-state index in [1.54, 1.807) is 18.2 Å². The molecule has 0 bridgehead atoms. The van der Waals surface area contributed by atoms with Gasteiger partial charge in [0.1, 0.15) is 0 Å². The molecule has 0 aliphatic heterocycles. The minimum absolute atomic E-state index is 0.245. The molecule has 0 saturated carbocycles. The maximum Gasteiger partial charge on any atom is 0.336 e. The van der Waals surface area contributed by atoms with Crippen molar-refractivity contribution in [2.45, 2.75) is 6.54 Å². The zero-order chi connectivity index (χ0) is 9.14. The number of carbonyl (C=O) groups is 1. The van der Waals surface area contributed by atoms with E-state index in [-0.39, 0.29) is 12.1 Å². The number of carboxylic acid groups (broad SMARTS) is 1. The van der Waals surface area contributed by atoms with E-state index in [0.717, 1.165) is 4.47 Å². The molecule has 0 amide bonds. The van der Waals surface area contributed by atoms with E-state index in [1.165, 1.54) is 0 Å². The van der Waals surface area contributed by atoms with Crippen LogP contribution in [-0.4, -0.2) is 11.1 Å². The summed E-state index contributed by atoms with van der Waals surface area (Å²) in [6, 6.07) is 5.02. The molecule has 12 heavy (non-hydrogen) atoms. The van der Waals surface area contributed by atoms with Gasteiger partial charge in [-0.05, 0) is 17.7 Å². The predicted octanol–water partition coefficient (Wildman–Crippen LogP) is 1.61. The molecule has 0 aliphatic rings. The van der Waals surface area contributed by atoms with Crippen LogP contribution in [0.5, 0.6) is 0 Å². The minimum atomic E-state index is -0.947. The van der Waals surface area contributed by atoms with E-state index in [0.29, 0.717) is 5.56 Å². The predicted molar refractivity (Wildman–Crippen MR) is 49.0 cm³/mol. The lowest BCUT2D eigenvalue weighted by atomic mass is 10.1. The molecule has 64 valence electrons. The second kappa shape index (κ2) is 3.69. The maximum atomic E-state index is 10.7. The molecule has 0 unspecified atom stereocenters. The second-order valence-electron chi connectivity index (χ2n) is 2.31. The number of nitrogens with two attached hydrogens (primary N) is 1. The van der Waals surface area contributed by atoms with Gasteiger partial charge in [0.05, 0.1) is 5.56 Å². The molecule has 0 aromatic heterocycles. The molecule has 0 spiro atoms. The largest absolute Gasteiger partial charge is 0.478 e. The van der Waals surface area contributed by atoms with Crippen LogP contribution in [0.25, 0.3) is 0 Å². The number of rotatable bonds is 2. The lowest BCUT2D eigenvalue weighted by molar-refractivity contribution is 0.0695. The van der Waals surface area contributed by atoms with Crippen molar-refractivity contribution < 1.29 is 9.90 Å². The highest BCUT2D eigenvalue weighted by Gasteiger charge is 2.08. The summed E-state index contributed by atoms with van der Waals surface area (Å²) < 4.78 is 0.747. The standard InChI is InChI=1S/C8H8BrNO2/c9-6-2-1-5(4-10)7(3-6)8(11)12/h1-3H,4,10H2,(H,11,12). The van der Waals surface area contributed by atoms with Crippen molar-refractivity contribution in [2.24, 2.45) is 5.73 Å². The average molecular weight is 230 g/mol. The third-order valence-electron chi connectivity index (χ3n) is 1.52. The van der Waals surface area contributed by atoms with Gasteiger partial charge in [0, 0.05) is 11.0 Å². The molecule has 3 N–H and O–H groups in total. The molecular weight excluding hydrogens is 222 g/mol. The van der Waals surface area contributed by atoms with E-state index in [2.05, 4.69) is 15.9 Å². The lowest BCUT2D eigenvalue weighted by Gasteiger charge is -2.02. The number of hydrogen-bond acceptors (Lipinski definition) is 2. The Morgan fingerprint density at radius 1 is 1.58 bits per heavy atom. The lowest BCUT2D eigenvalue weighted by Crippen LogP contribution is -2.06. The molecule has 0 atom stereocenters. The van der Waals surface area contributed by atoms with Crippen LogP contribution in [-0.2, 0) is 6.54 Å². The van der Waals surface area contributed by atoms with Gasteiger partial charge in [-0.2, -0.15) is 0 Å². The van der Waals surface area contributed by atoms with Crippen LogP contribution in [0, 0.1) is 0 Å². The van der Waals surface area contributed by atoms with Gasteiger partial charge in [-0.3, -0.25) is 0 Å². The van der Waals surface area contributed by atoms with Crippen LogP contribution < -0.4 is 5.73 Å². The summed E-state index contributed by atoms with van der Waals surface area (Å²) >= 11 is 3.19. The Kier molecular flexibility index (Phi) is 2.83. The van der Waals surface area contributed by atoms with E-state index < -0.39 is 5.97 Å². The molecule has 0 aliphatic carbocycles. The zero-order valence-electron chi connectivity index (χ0n) is 6.25. The fourth-order valence-electron chi connectivity index (χ4n) is 0.926. The molecule has 0 fully saturated rings. The molecule has 1 aromatic carbocycles. The van der Waals surface area contributed by atoms with Gasteiger partial charge in [-0.1, -0.05) is 22.0 Å². The van der Waals surface area contributed by atoms with Crippen molar-refractivity contribution in [1.29, 1.82) is 0 Å². The summed E-state index contributed by atoms with van der Waals surface area (Å²) in [6.45, 7) is 0.245. The Hall–Kier alpha value is -0.870. The number of benzene rings is 1. The quantitative estimate of drug-likeness (QED) is 0.811. The summed E-state index contributed by atoms with van der Waals surface area (Å²) in [5.74, 6) is -0.947. The van der Waals surface area contributed by atoms with Crippen LogP contribution in [0.3, 0.4) is 0 Å². The van der Waals surface area contributed by atoms with Crippen molar-refractivity contribution in [2.75, 3.05) is 0 Å². The van der Waals surface area contributed by atoms with Crippen LogP contribution in [0.1, 0.15) is 15.9 Å². The molecule has 0 radical (unpaired) electrons. The van der Waals surface area contributed by atoms with Gasteiger partial charge in [-0.25, -0.2) is 4.79 Å². The first-order valence-corrected chi connectivity index (χ1v) is 4.16. The summed E-state index contributed by atoms with van der Waals surface area (Å²) in [7, 11) is 0. The van der Waals surface area contributed by atoms with Gasteiger partial charge in [0.2, 0.25) is 0 Å². The normalized spacial score (nSPS) is 9.83. The highest BCUT2D eigenvalue weighted by molar-refractivity contribution is 9.10. The van der Waals surface area contributed by atoms with Gasteiger partial charge in [0.15, 0.2) is 0 Å². The topological polar surface area (TPSA) is 63.3 Å².